The van der Waals surface area contributed by atoms with Crippen molar-refractivity contribution in [1.82, 2.24) is 15.3 Å². The molecule has 1 saturated carbocycles. The number of para-hydroxylation sites is 1. The standard InChI is InChI=1S/C26H27FN4O4/c1-33-23-17(27)3-2-4-18(23)30-22-20-24(26(8-9-26)14-29-25(20)32)31-21(22)16-5-10-28-13-19(16)35-12-7-15-6-11-34-15/h2-5,10,13,15,30-31H,6-9,11-12,14H2,1H3,(H,29,32)/t15-/m0/s1. The van der Waals surface area contributed by atoms with Crippen LogP contribution >= 0.6 is 0 Å². The van der Waals surface area contributed by atoms with Crippen LogP contribution < -0.4 is 20.1 Å². The summed E-state index contributed by atoms with van der Waals surface area (Å²) < 4.78 is 31.4. The van der Waals surface area contributed by atoms with Gasteiger partial charge < -0.3 is 29.8 Å². The lowest BCUT2D eigenvalue weighted by atomic mass is 9.93. The van der Waals surface area contributed by atoms with E-state index in [1.54, 1.807) is 24.5 Å². The first kappa shape index (κ1) is 21.9. The topological polar surface area (TPSA) is 97.5 Å². The normalized spacial score (nSPS) is 19.5. The van der Waals surface area contributed by atoms with Gasteiger partial charge in [-0.25, -0.2) is 4.39 Å². The van der Waals surface area contributed by atoms with Gasteiger partial charge >= 0.3 is 0 Å². The number of aromatic amines is 1. The van der Waals surface area contributed by atoms with E-state index in [1.165, 1.54) is 13.2 Å². The highest BCUT2D eigenvalue weighted by Gasteiger charge is 2.51. The molecule has 2 aliphatic heterocycles. The largest absolute Gasteiger partial charge is 0.492 e. The van der Waals surface area contributed by atoms with E-state index in [9.17, 15) is 9.18 Å². The van der Waals surface area contributed by atoms with Crippen molar-refractivity contribution < 1.29 is 23.4 Å². The fourth-order valence-corrected chi connectivity index (χ4v) is 4.92. The van der Waals surface area contributed by atoms with Gasteiger partial charge in [-0.05, 0) is 37.5 Å². The fraction of sp³-hybridized carbons (Fsp3) is 0.385. The number of benzene rings is 1. The van der Waals surface area contributed by atoms with Crippen molar-refractivity contribution >= 4 is 17.3 Å². The molecule has 3 aromatic rings. The van der Waals surface area contributed by atoms with Crippen molar-refractivity contribution in [2.45, 2.75) is 37.2 Å². The Bertz CT molecular complexity index is 1280. The number of methoxy groups -OCH3 is 1. The van der Waals surface area contributed by atoms with Gasteiger partial charge in [0, 0.05) is 42.4 Å². The molecule has 35 heavy (non-hydrogen) atoms. The van der Waals surface area contributed by atoms with Crippen molar-refractivity contribution in [2.75, 3.05) is 32.2 Å². The molecule has 0 radical (unpaired) electrons. The molecule has 3 aliphatic rings. The van der Waals surface area contributed by atoms with Gasteiger partial charge in [-0.2, -0.15) is 0 Å². The second-order valence-corrected chi connectivity index (χ2v) is 9.32. The summed E-state index contributed by atoms with van der Waals surface area (Å²) in [5.41, 5.74) is 3.80. The van der Waals surface area contributed by atoms with E-state index in [0.717, 1.165) is 43.5 Å². The van der Waals surface area contributed by atoms with Gasteiger partial charge in [0.15, 0.2) is 11.6 Å². The summed E-state index contributed by atoms with van der Waals surface area (Å²) in [6, 6.07) is 6.52. The van der Waals surface area contributed by atoms with Gasteiger partial charge in [0.05, 0.1) is 48.6 Å². The van der Waals surface area contributed by atoms with Crippen LogP contribution in [0.1, 0.15) is 41.7 Å². The molecule has 1 saturated heterocycles. The first-order valence-electron chi connectivity index (χ1n) is 11.9. The van der Waals surface area contributed by atoms with Crippen LogP contribution in [0.4, 0.5) is 15.8 Å². The van der Waals surface area contributed by atoms with E-state index in [0.29, 0.717) is 41.5 Å². The number of pyridine rings is 1. The van der Waals surface area contributed by atoms with Gasteiger partial charge in [-0.15, -0.1) is 0 Å². The van der Waals surface area contributed by atoms with Gasteiger partial charge in [-0.3, -0.25) is 9.78 Å². The van der Waals surface area contributed by atoms with E-state index < -0.39 is 5.82 Å². The maximum Gasteiger partial charge on any atom is 0.255 e. The lowest BCUT2D eigenvalue weighted by Crippen LogP contribution is -2.39. The molecule has 1 spiro atoms. The number of carbonyl (C=O) groups excluding carboxylic acids is 1. The fourth-order valence-electron chi connectivity index (χ4n) is 4.92. The highest BCUT2D eigenvalue weighted by atomic mass is 19.1. The van der Waals surface area contributed by atoms with Gasteiger partial charge in [0.1, 0.15) is 5.75 Å². The summed E-state index contributed by atoms with van der Waals surface area (Å²) in [4.78, 5) is 20.9. The molecule has 6 rings (SSSR count). The highest BCUT2D eigenvalue weighted by molar-refractivity contribution is 6.07. The molecule has 2 aromatic heterocycles. The first-order valence-corrected chi connectivity index (χ1v) is 11.9. The molecule has 9 heteroatoms. The summed E-state index contributed by atoms with van der Waals surface area (Å²) in [5, 5.41) is 6.34. The summed E-state index contributed by atoms with van der Waals surface area (Å²) >= 11 is 0. The van der Waals surface area contributed by atoms with Crippen LogP contribution in [0.25, 0.3) is 11.3 Å². The molecule has 2 fully saturated rings. The number of anilines is 2. The maximum atomic E-state index is 14.5. The Morgan fingerprint density at radius 2 is 2.17 bits per heavy atom. The maximum absolute atomic E-state index is 14.5. The monoisotopic (exact) mass is 478 g/mol. The lowest BCUT2D eigenvalue weighted by Gasteiger charge is -2.26. The summed E-state index contributed by atoms with van der Waals surface area (Å²) in [5.74, 6) is 0.0247. The zero-order valence-corrected chi connectivity index (χ0v) is 19.4. The number of hydrogen-bond acceptors (Lipinski definition) is 6. The van der Waals surface area contributed by atoms with Crippen molar-refractivity contribution in [3.05, 3.63) is 53.7 Å². The average molecular weight is 479 g/mol. The molecular formula is C26H27FN4O4. The molecule has 1 atom stereocenters. The van der Waals surface area contributed by atoms with E-state index in [4.69, 9.17) is 14.2 Å². The molecule has 4 heterocycles. The number of nitrogens with zero attached hydrogens (tertiary/aromatic N) is 1. The highest BCUT2D eigenvalue weighted by Crippen LogP contribution is 2.54. The summed E-state index contributed by atoms with van der Waals surface area (Å²) in [7, 11) is 1.42. The van der Waals surface area contributed by atoms with Crippen molar-refractivity contribution in [3.63, 3.8) is 0 Å². The predicted octanol–water partition coefficient (Wildman–Crippen LogP) is 4.30. The van der Waals surface area contributed by atoms with Crippen LogP contribution in [0.15, 0.2) is 36.7 Å². The predicted molar refractivity (Wildman–Crippen MR) is 128 cm³/mol. The Morgan fingerprint density at radius 1 is 1.31 bits per heavy atom. The van der Waals surface area contributed by atoms with Crippen molar-refractivity contribution in [3.8, 4) is 22.8 Å². The zero-order valence-electron chi connectivity index (χ0n) is 19.4. The quantitative estimate of drug-likeness (QED) is 0.447. The van der Waals surface area contributed by atoms with Crippen LogP contribution in [-0.4, -0.2) is 48.8 Å². The number of carbonyl (C=O) groups is 1. The molecular weight excluding hydrogens is 451 g/mol. The molecule has 1 aliphatic carbocycles. The van der Waals surface area contributed by atoms with E-state index in [2.05, 4.69) is 20.6 Å². The SMILES string of the molecule is COc1c(F)cccc1Nc1c(-c2ccncc2OCC[C@@H]2CCO2)[nH]c2c1C(=O)NCC21CC1. The second kappa shape index (κ2) is 8.57. The van der Waals surface area contributed by atoms with Crippen LogP contribution in [0.3, 0.4) is 0 Å². The molecule has 0 bridgehead atoms. The number of ether oxygens (including phenoxy) is 3. The lowest BCUT2D eigenvalue weighted by molar-refractivity contribution is -0.0596. The van der Waals surface area contributed by atoms with Gasteiger partial charge in [0.25, 0.3) is 5.91 Å². The van der Waals surface area contributed by atoms with E-state index in [1.807, 2.05) is 6.07 Å². The number of amides is 1. The smallest absolute Gasteiger partial charge is 0.255 e. The minimum absolute atomic E-state index is 0.0810. The molecule has 1 aromatic carbocycles. The molecule has 3 N–H and O–H groups in total. The zero-order chi connectivity index (χ0) is 24.0. The minimum Gasteiger partial charge on any atom is -0.492 e. The van der Waals surface area contributed by atoms with Crippen LogP contribution in [0.5, 0.6) is 11.5 Å². The third kappa shape index (κ3) is 3.80. The Kier molecular flexibility index (Phi) is 5.36. The third-order valence-electron chi connectivity index (χ3n) is 7.17. The number of H-pyrrole nitrogens is 1. The van der Waals surface area contributed by atoms with Gasteiger partial charge in [-0.1, -0.05) is 6.07 Å². The Labute approximate surface area is 202 Å². The molecule has 0 unspecified atom stereocenters. The number of nitrogens with one attached hydrogen (secondary N) is 3. The van der Waals surface area contributed by atoms with Crippen LogP contribution in [0.2, 0.25) is 0 Å². The van der Waals surface area contributed by atoms with Gasteiger partial charge in [0.2, 0.25) is 0 Å². The summed E-state index contributed by atoms with van der Waals surface area (Å²) in [6.07, 6.45) is 7.44. The number of halogens is 1. The molecule has 8 nitrogen and oxygen atoms in total. The Hall–Kier alpha value is -3.59. The molecule has 1 amide bonds. The average Bonchev–Trinajstić information content (AvgIpc) is 3.51. The van der Waals surface area contributed by atoms with Crippen LogP contribution in [-0.2, 0) is 10.2 Å². The van der Waals surface area contributed by atoms with Crippen molar-refractivity contribution in [2.24, 2.45) is 0 Å². The van der Waals surface area contributed by atoms with E-state index in [-0.39, 0.29) is 23.2 Å². The third-order valence-corrected chi connectivity index (χ3v) is 7.17. The Morgan fingerprint density at radius 3 is 2.91 bits per heavy atom. The van der Waals surface area contributed by atoms with Crippen molar-refractivity contribution in [1.29, 1.82) is 0 Å². The Balaban J connectivity index is 1.44. The number of aromatic nitrogens is 2. The minimum atomic E-state index is -0.488. The number of rotatable bonds is 8. The first-order chi connectivity index (χ1) is 17.1. The second-order valence-electron chi connectivity index (χ2n) is 9.32. The van der Waals surface area contributed by atoms with Crippen LogP contribution in [0, 0.1) is 5.82 Å². The summed E-state index contributed by atoms with van der Waals surface area (Å²) in [6.45, 7) is 1.90. The van der Waals surface area contributed by atoms with E-state index >= 15 is 0 Å². The number of fused-ring (bicyclic) bond motifs is 2. The molecule has 182 valence electrons. The number of hydrogen-bond donors (Lipinski definition) is 3.